The first-order valence-corrected chi connectivity index (χ1v) is 7.09. The van der Waals surface area contributed by atoms with Crippen LogP contribution in [-0.4, -0.2) is 11.1 Å². The zero-order valence-corrected chi connectivity index (χ0v) is 11.4. The maximum atomic E-state index is 11.7. The molecule has 1 N–H and O–H groups in total. The highest BCUT2D eigenvalue weighted by Gasteiger charge is 2.43. The topological polar surface area (TPSA) is 37.3 Å². The molecule has 0 unspecified atom stereocenters. The van der Waals surface area contributed by atoms with Crippen molar-refractivity contribution in [3.05, 3.63) is 48.0 Å². The highest BCUT2D eigenvalue weighted by molar-refractivity contribution is 5.77. The van der Waals surface area contributed by atoms with E-state index in [2.05, 4.69) is 18.7 Å². The molecule has 2 heteroatoms. The number of hydrogen-bond acceptors (Lipinski definition) is 1. The normalized spacial score (nSPS) is 16.0. The highest BCUT2D eigenvalue weighted by Crippen LogP contribution is 2.41. The Labute approximate surface area is 115 Å². The predicted molar refractivity (Wildman–Crippen MR) is 77.2 cm³/mol. The van der Waals surface area contributed by atoms with Gasteiger partial charge in [-0.25, -0.2) is 0 Å². The molecule has 1 aromatic carbocycles. The lowest BCUT2D eigenvalue weighted by molar-refractivity contribution is -0.149. The van der Waals surface area contributed by atoms with Crippen LogP contribution in [0.1, 0.15) is 43.2 Å². The fraction of sp³-hybridized carbons (Fsp3) is 0.471. The van der Waals surface area contributed by atoms with E-state index in [1.165, 1.54) is 11.1 Å². The molecule has 0 saturated carbocycles. The van der Waals surface area contributed by atoms with E-state index in [1.54, 1.807) is 0 Å². The van der Waals surface area contributed by atoms with E-state index < -0.39 is 11.4 Å². The number of carboxylic acids is 1. The van der Waals surface area contributed by atoms with E-state index in [9.17, 15) is 9.90 Å². The van der Waals surface area contributed by atoms with E-state index in [-0.39, 0.29) is 0 Å². The second-order valence-corrected chi connectivity index (χ2v) is 5.60. The zero-order chi connectivity index (χ0) is 13.7. The second kappa shape index (κ2) is 6.05. The minimum absolute atomic E-state index is 0.558. The van der Waals surface area contributed by atoms with Gasteiger partial charge in [-0.1, -0.05) is 43.2 Å². The molecule has 19 heavy (non-hydrogen) atoms. The molecule has 1 aliphatic carbocycles. The number of carbonyl (C=O) groups is 1. The molecule has 2 nitrogen and oxygen atoms in total. The fourth-order valence-corrected chi connectivity index (χ4v) is 3.06. The molecule has 0 aromatic heterocycles. The summed E-state index contributed by atoms with van der Waals surface area (Å²) in [5.74, 6) is -0.632. The summed E-state index contributed by atoms with van der Waals surface area (Å²) in [6.45, 7) is 3.71. The molecule has 0 amide bonds. The largest absolute Gasteiger partial charge is 0.481 e. The Morgan fingerprint density at radius 1 is 1.21 bits per heavy atom. The lowest BCUT2D eigenvalue weighted by Crippen LogP contribution is -2.31. The van der Waals surface area contributed by atoms with Gasteiger partial charge < -0.3 is 5.11 Å². The van der Waals surface area contributed by atoms with Crippen molar-refractivity contribution in [2.24, 2.45) is 5.41 Å². The van der Waals surface area contributed by atoms with Crippen LogP contribution in [0.4, 0.5) is 0 Å². The molecule has 0 radical (unpaired) electrons. The van der Waals surface area contributed by atoms with Crippen LogP contribution >= 0.6 is 0 Å². The van der Waals surface area contributed by atoms with Gasteiger partial charge in [-0.15, -0.1) is 6.58 Å². The molecule has 0 saturated heterocycles. The number of benzene rings is 1. The number of allylic oxidation sites excluding steroid dienone is 1. The summed E-state index contributed by atoms with van der Waals surface area (Å²) in [4.78, 5) is 11.7. The van der Waals surface area contributed by atoms with Gasteiger partial charge in [0.2, 0.25) is 0 Å². The van der Waals surface area contributed by atoms with Gasteiger partial charge in [-0.3, -0.25) is 4.79 Å². The van der Waals surface area contributed by atoms with E-state index >= 15 is 0 Å². The first-order valence-electron chi connectivity index (χ1n) is 7.09. The number of unbranched alkanes of at least 4 members (excludes halogenated alkanes) is 3. The van der Waals surface area contributed by atoms with Crippen LogP contribution < -0.4 is 0 Å². The van der Waals surface area contributed by atoms with Crippen LogP contribution in [0.25, 0.3) is 0 Å². The molecule has 2 rings (SSSR count). The molecule has 0 spiro atoms. The predicted octanol–water partition coefficient (Wildman–Crippen LogP) is 3.99. The first kappa shape index (κ1) is 13.9. The average molecular weight is 258 g/mol. The van der Waals surface area contributed by atoms with Gasteiger partial charge in [0, 0.05) is 0 Å². The summed E-state index contributed by atoms with van der Waals surface area (Å²) in [5, 5.41) is 9.62. The summed E-state index contributed by atoms with van der Waals surface area (Å²) in [7, 11) is 0. The average Bonchev–Trinajstić information content (AvgIpc) is 2.78. The first-order chi connectivity index (χ1) is 9.18. The lowest BCUT2D eigenvalue weighted by atomic mass is 9.79. The monoisotopic (exact) mass is 258 g/mol. The summed E-state index contributed by atoms with van der Waals surface area (Å²) >= 11 is 0. The van der Waals surface area contributed by atoms with Gasteiger partial charge in [0.15, 0.2) is 0 Å². The second-order valence-electron chi connectivity index (χ2n) is 5.60. The fourth-order valence-electron chi connectivity index (χ4n) is 3.06. The number of fused-ring (bicyclic) bond motifs is 1. The molecule has 0 heterocycles. The van der Waals surface area contributed by atoms with Crippen molar-refractivity contribution < 1.29 is 9.90 Å². The third-order valence-corrected chi connectivity index (χ3v) is 4.19. The minimum atomic E-state index is -0.632. The third kappa shape index (κ3) is 3.06. The van der Waals surface area contributed by atoms with Crippen molar-refractivity contribution >= 4 is 5.97 Å². The maximum Gasteiger partial charge on any atom is 0.310 e. The Kier molecular flexibility index (Phi) is 4.41. The summed E-state index contributed by atoms with van der Waals surface area (Å²) in [6.07, 6.45) is 8.34. The highest BCUT2D eigenvalue weighted by atomic mass is 16.4. The molecular formula is C17H22O2. The standard InChI is InChI=1S/C17H22O2/c1-2-3-4-5-8-11-17(16(18)19)12-14-9-6-7-10-15(14)13-17/h2,6-7,9-10H,1,3-5,8,11-13H2,(H,18,19). The number of carboxylic acid groups (broad SMARTS) is 1. The Bertz CT molecular complexity index is 437. The van der Waals surface area contributed by atoms with Gasteiger partial charge in [0.05, 0.1) is 5.41 Å². The summed E-state index contributed by atoms with van der Waals surface area (Å²) in [5.41, 5.74) is 1.88. The SMILES string of the molecule is C=CCCCCCC1(C(=O)O)Cc2ccccc2C1. The van der Waals surface area contributed by atoms with Gasteiger partial charge in [0.25, 0.3) is 0 Å². The van der Waals surface area contributed by atoms with Crippen LogP contribution in [0.3, 0.4) is 0 Å². The van der Waals surface area contributed by atoms with Crippen LogP contribution in [-0.2, 0) is 17.6 Å². The van der Waals surface area contributed by atoms with E-state index in [4.69, 9.17) is 0 Å². The number of aliphatic carboxylic acids is 1. The quantitative estimate of drug-likeness (QED) is 0.593. The summed E-state index contributed by atoms with van der Waals surface area (Å²) in [6, 6.07) is 8.14. The van der Waals surface area contributed by atoms with Gasteiger partial charge in [-0.2, -0.15) is 0 Å². The van der Waals surface area contributed by atoms with E-state index in [0.29, 0.717) is 12.8 Å². The van der Waals surface area contributed by atoms with Crippen molar-refractivity contribution in [3.8, 4) is 0 Å². The van der Waals surface area contributed by atoms with Crippen molar-refractivity contribution in [2.45, 2.75) is 44.9 Å². The zero-order valence-electron chi connectivity index (χ0n) is 11.4. The molecule has 0 atom stereocenters. The van der Waals surface area contributed by atoms with Crippen molar-refractivity contribution in [3.63, 3.8) is 0 Å². The van der Waals surface area contributed by atoms with Crippen molar-refractivity contribution in [1.29, 1.82) is 0 Å². The van der Waals surface area contributed by atoms with Crippen LogP contribution in [0.5, 0.6) is 0 Å². The van der Waals surface area contributed by atoms with Gasteiger partial charge >= 0.3 is 5.97 Å². The molecule has 1 aromatic rings. The minimum Gasteiger partial charge on any atom is -0.481 e. The molecule has 0 aliphatic heterocycles. The van der Waals surface area contributed by atoms with E-state index in [0.717, 1.165) is 32.1 Å². The van der Waals surface area contributed by atoms with Crippen LogP contribution in [0.15, 0.2) is 36.9 Å². The number of hydrogen-bond donors (Lipinski definition) is 1. The maximum absolute atomic E-state index is 11.7. The lowest BCUT2D eigenvalue weighted by Gasteiger charge is -2.23. The molecule has 102 valence electrons. The van der Waals surface area contributed by atoms with Crippen molar-refractivity contribution in [1.82, 2.24) is 0 Å². The Morgan fingerprint density at radius 3 is 2.37 bits per heavy atom. The van der Waals surface area contributed by atoms with E-state index in [1.807, 2.05) is 18.2 Å². The number of rotatable bonds is 7. The van der Waals surface area contributed by atoms with Gasteiger partial charge in [0.1, 0.15) is 0 Å². The molecular weight excluding hydrogens is 236 g/mol. The molecule has 1 aliphatic rings. The Morgan fingerprint density at radius 2 is 1.84 bits per heavy atom. The third-order valence-electron chi connectivity index (χ3n) is 4.19. The van der Waals surface area contributed by atoms with Crippen molar-refractivity contribution in [2.75, 3.05) is 0 Å². The van der Waals surface area contributed by atoms with Gasteiger partial charge in [-0.05, 0) is 43.2 Å². The summed E-state index contributed by atoms with van der Waals surface area (Å²) < 4.78 is 0. The smallest absolute Gasteiger partial charge is 0.310 e. The van der Waals surface area contributed by atoms with Crippen LogP contribution in [0, 0.1) is 5.41 Å². The Hall–Kier alpha value is -1.57. The molecule has 0 fully saturated rings. The van der Waals surface area contributed by atoms with Crippen LogP contribution in [0.2, 0.25) is 0 Å². The molecule has 0 bridgehead atoms. The Balaban J connectivity index is 1.98.